The SMILES string of the molecule is CCC(CC=O)c1ccc(N(CC(F)F)C2CCOCC2)c(Nc2ccc(Cl)cc2)c1. The van der Waals surface area contributed by atoms with Gasteiger partial charge in [0.05, 0.1) is 17.9 Å². The molecule has 2 aromatic rings. The lowest BCUT2D eigenvalue weighted by atomic mass is 9.92. The predicted molar refractivity (Wildman–Crippen MR) is 122 cm³/mol. The standard InChI is InChI=1S/C24H29ClF2N2O2/c1-2-17(9-12-30)18-3-8-23(22(15-18)28-20-6-4-19(25)5-7-20)29(16-24(26)27)21-10-13-31-14-11-21/h3-8,12,15,17,21,24,28H,2,9-11,13-14,16H2,1H3. The molecule has 1 atom stereocenters. The summed E-state index contributed by atoms with van der Waals surface area (Å²) in [6, 6.07) is 13.1. The number of aldehydes is 1. The Morgan fingerprint density at radius 1 is 1.19 bits per heavy atom. The largest absolute Gasteiger partial charge is 0.381 e. The molecule has 0 aromatic heterocycles. The number of carbonyl (C=O) groups excluding carboxylic acids is 1. The van der Waals surface area contributed by atoms with Crippen LogP contribution in [0, 0.1) is 0 Å². The van der Waals surface area contributed by atoms with Crippen LogP contribution in [0.4, 0.5) is 25.8 Å². The van der Waals surface area contributed by atoms with Gasteiger partial charge in [-0.3, -0.25) is 0 Å². The van der Waals surface area contributed by atoms with Crippen LogP contribution in [0.15, 0.2) is 42.5 Å². The first-order chi connectivity index (χ1) is 15.0. The number of halogens is 3. The second kappa shape index (κ2) is 11.4. The molecule has 1 N–H and O–H groups in total. The molecule has 168 valence electrons. The van der Waals surface area contributed by atoms with E-state index in [1.54, 1.807) is 17.0 Å². The van der Waals surface area contributed by atoms with Gasteiger partial charge in [0.1, 0.15) is 6.29 Å². The summed E-state index contributed by atoms with van der Waals surface area (Å²) in [5.41, 5.74) is 3.30. The molecule has 0 saturated carbocycles. The van der Waals surface area contributed by atoms with Crippen molar-refractivity contribution >= 4 is 34.9 Å². The Morgan fingerprint density at radius 2 is 1.90 bits per heavy atom. The first-order valence-electron chi connectivity index (χ1n) is 10.7. The lowest BCUT2D eigenvalue weighted by Crippen LogP contribution is -2.42. The average Bonchev–Trinajstić information content (AvgIpc) is 2.78. The molecule has 0 amide bonds. The molecule has 0 spiro atoms. The van der Waals surface area contributed by atoms with Crippen LogP contribution < -0.4 is 10.2 Å². The molecule has 1 fully saturated rings. The third-order valence-corrected chi connectivity index (χ3v) is 6.02. The van der Waals surface area contributed by atoms with Crippen molar-refractivity contribution in [3.8, 4) is 0 Å². The fourth-order valence-electron chi connectivity index (χ4n) is 4.09. The van der Waals surface area contributed by atoms with Crippen LogP contribution in [0.2, 0.25) is 5.02 Å². The van der Waals surface area contributed by atoms with Gasteiger partial charge in [0.15, 0.2) is 0 Å². The highest BCUT2D eigenvalue weighted by atomic mass is 35.5. The molecule has 4 nitrogen and oxygen atoms in total. The minimum Gasteiger partial charge on any atom is -0.381 e. The molecule has 1 aliphatic heterocycles. The summed E-state index contributed by atoms with van der Waals surface area (Å²) < 4.78 is 32.5. The van der Waals surface area contributed by atoms with E-state index in [4.69, 9.17) is 16.3 Å². The second-order valence-corrected chi connectivity index (χ2v) is 8.24. The van der Waals surface area contributed by atoms with E-state index in [-0.39, 0.29) is 18.5 Å². The highest BCUT2D eigenvalue weighted by Gasteiger charge is 2.27. The van der Waals surface area contributed by atoms with Gasteiger partial charge in [-0.15, -0.1) is 0 Å². The van der Waals surface area contributed by atoms with Gasteiger partial charge in [-0.1, -0.05) is 24.6 Å². The third-order valence-electron chi connectivity index (χ3n) is 5.76. The van der Waals surface area contributed by atoms with Crippen LogP contribution in [0.5, 0.6) is 0 Å². The summed E-state index contributed by atoms with van der Waals surface area (Å²) in [6.07, 6.45) is 1.13. The van der Waals surface area contributed by atoms with Gasteiger partial charge < -0.3 is 19.7 Å². The van der Waals surface area contributed by atoms with Crippen LogP contribution in [0.1, 0.15) is 44.1 Å². The highest BCUT2D eigenvalue weighted by Crippen LogP contribution is 2.36. The number of alkyl halides is 2. The van der Waals surface area contributed by atoms with Crippen LogP contribution in [0.3, 0.4) is 0 Å². The number of rotatable bonds is 10. The number of ether oxygens (including phenoxy) is 1. The Kier molecular flexibility index (Phi) is 8.67. The summed E-state index contributed by atoms with van der Waals surface area (Å²) in [7, 11) is 0. The fourth-order valence-corrected chi connectivity index (χ4v) is 4.22. The first kappa shape index (κ1) is 23.5. The van der Waals surface area contributed by atoms with Crippen molar-refractivity contribution in [2.45, 2.75) is 51.0 Å². The van der Waals surface area contributed by atoms with E-state index >= 15 is 0 Å². The Balaban J connectivity index is 2.02. The number of carbonyl (C=O) groups is 1. The third kappa shape index (κ3) is 6.40. The first-order valence-corrected chi connectivity index (χ1v) is 11.1. The average molecular weight is 451 g/mol. The summed E-state index contributed by atoms with van der Waals surface area (Å²) in [6.45, 7) is 2.84. The maximum absolute atomic E-state index is 13.5. The number of hydrogen-bond acceptors (Lipinski definition) is 4. The molecular weight excluding hydrogens is 422 g/mol. The van der Waals surface area contributed by atoms with Gasteiger partial charge in [-0.25, -0.2) is 8.78 Å². The Bertz CT molecular complexity index is 842. The number of anilines is 3. The minimum atomic E-state index is -2.45. The lowest BCUT2D eigenvalue weighted by molar-refractivity contribution is -0.108. The van der Waals surface area contributed by atoms with E-state index < -0.39 is 6.43 Å². The van der Waals surface area contributed by atoms with E-state index in [2.05, 4.69) is 5.32 Å². The van der Waals surface area contributed by atoms with E-state index in [0.717, 1.165) is 35.3 Å². The van der Waals surface area contributed by atoms with Crippen LogP contribution in [0.25, 0.3) is 0 Å². The van der Waals surface area contributed by atoms with E-state index in [0.29, 0.717) is 37.5 Å². The highest BCUT2D eigenvalue weighted by molar-refractivity contribution is 6.30. The van der Waals surface area contributed by atoms with Gasteiger partial charge >= 0.3 is 0 Å². The van der Waals surface area contributed by atoms with Crippen molar-refractivity contribution in [2.24, 2.45) is 0 Å². The monoisotopic (exact) mass is 450 g/mol. The van der Waals surface area contributed by atoms with Crippen LogP contribution in [-0.2, 0) is 9.53 Å². The van der Waals surface area contributed by atoms with Crippen molar-refractivity contribution in [3.05, 3.63) is 53.1 Å². The Hall–Kier alpha value is -2.18. The molecular formula is C24H29ClF2N2O2. The molecule has 7 heteroatoms. The Morgan fingerprint density at radius 3 is 2.52 bits per heavy atom. The van der Waals surface area contributed by atoms with Gasteiger partial charge in [0.2, 0.25) is 0 Å². The van der Waals surface area contributed by atoms with Gasteiger partial charge in [-0.05, 0) is 67.1 Å². The zero-order chi connectivity index (χ0) is 22.2. The minimum absolute atomic E-state index is 0.0173. The van der Waals surface area contributed by atoms with Gasteiger partial charge in [-0.2, -0.15) is 0 Å². The van der Waals surface area contributed by atoms with E-state index in [1.807, 2.05) is 37.3 Å². The molecule has 1 heterocycles. The van der Waals surface area contributed by atoms with Crippen molar-refractivity contribution in [3.63, 3.8) is 0 Å². The molecule has 0 bridgehead atoms. The zero-order valence-corrected chi connectivity index (χ0v) is 18.5. The molecule has 0 aliphatic carbocycles. The van der Waals surface area contributed by atoms with Gasteiger partial charge in [0.25, 0.3) is 6.43 Å². The second-order valence-electron chi connectivity index (χ2n) is 7.80. The van der Waals surface area contributed by atoms with Crippen molar-refractivity contribution < 1.29 is 18.3 Å². The number of nitrogens with one attached hydrogen (secondary N) is 1. The predicted octanol–water partition coefficient (Wildman–Crippen LogP) is 6.42. The molecule has 2 aromatic carbocycles. The summed E-state index contributed by atoms with van der Waals surface area (Å²) in [5.74, 6) is 0.0870. The van der Waals surface area contributed by atoms with E-state index in [9.17, 15) is 13.6 Å². The quantitative estimate of drug-likeness (QED) is 0.424. The number of nitrogens with zero attached hydrogens (tertiary/aromatic N) is 1. The Labute approximate surface area is 187 Å². The number of benzene rings is 2. The van der Waals surface area contributed by atoms with Crippen LogP contribution >= 0.6 is 11.6 Å². The molecule has 0 radical (unpaired) electrons. The molecule has 1 saturated heterocycles. The lowest BCUT2D eigenvalue weighted by Gasteiger charge is -2.37. The topological polar surface area (TPSA) is 41.6 Å². The summed E-state index contributed by atoms with van der Waals surface area (Å²) in [5, 5.41) is 4.01. The van der Waals surface area contributed by atoms with Crippen molar-refractivity contribution in [1.29, 1.82) is 0 Å². The molecule has 3 rings (SSSR count). The normalized spacial score (nSPS) is 15.6. The summed E-state index contributed by atoms with van der Waals surface area (Å²) >= 11 is 6.01. The van der Waals surface area contributed by atoms with E-state index in [1.165, 1.54) is 0 Å². The molecule has 1 aliphatic rings. The van der Waals surface area contributed by atoms with Crippen molar-refractivity contribution in [1.82, 2.24) is 0 Å². The maximum atomic E-state index is 13.5. The van der Waals surface area contributed by atoms with Gasteiger partial charge in [0, 0.05) is 36.4 Å². The van der Waals surface area contributed by atoms with Crippen LogP contribution in [-0.4, -0.2) is 38.5 Å². The van der Waals surface area contributed by atoms with Crippen molar-refractivity contribution in [2.75, 3.05) is 30.0 Å². The zero-order valence-electron chi connectivity index (χ0n) is 17.7. The maximum Gasteiger partial charge on any atom is 0.255 e. The molecule has 1 unspecified atom stereocenters. The smallest absolute Gasteiger partial charge is 0.255 e. The molecule has 31 heavy (non-hydrogen) atoms. The number of hydrogen-bond donors (Lipinski definition) is 1. The summed E-state index contributed by atoms with van der Waals surface area (Å²) in [4.78, 5) is 12.9. The fraction of sp³-hybridized carbons (Fsp3) is 0.458.